The number of halogens is 1. The summed E-state index contributed by atoms with van der Waals surface area (Å²) in [6.45, 7) is 15.4. The number of ether oxygens (including phenoxy) is 1. The van der Waals surface area contributed by atoms with Gasteiger partial charge in [-0.25, -0.2) is 0 Å². The number of nitrogens with one attached hydrogen (secondary N) is 3. The van der Waals surface area contributed by atoms with Crippen LogP contribution in [-0.4, -0.2) is 68.2 Å². The van der Waals surface area contributed by atoms with Gasteiger partial charge in [-0.15, -0.1) is 24.0 Å². The first-order valence-corrected chi connectivity index (χ1v) is 10.9. The number of morpholine rings is 1. The van der Waals surface area contributed by atoms with Crippen LogP contribution in [0.15, 0.2) is 29.3 Å². The van der Waals surface area contributed by atoms with E-state index in [0.29, 0.717) is 24.1 Å². The molecule has 1 heterocycles. The molecular weight excluding hydrogens is 505 g/mol. The first-order chi connectivity index (χ1) is 14.2. The molecule has 1 unspecified atom stereocenters. The molecular formula is C23H40IN5O2. The summed E-state index contributed by atoms with van der Waals surface area (Å²) in [5, 5.41) is 9.83. The van der Waals surface area contributed by atoms with Crippen molar-refractivity contribution in [2.75, 3.05) is 39.9 Å². The third-order valence-corrected chi connectivity index (χ3v) is 5.12. The van der Waals surface area contributed by atoms with Gasteiger partial charge < -0.3 is 20.7 Å². The molecule has 0 aliphatic carbocycles. The van der Waals surface area contributed by atoms with Crippen molar-refractivity contribution < 1.29 is 9.53 Å². The van der Waals surface area contributed by atoms with Gasteiger partial charge in [-0.2, -0.15) is 0 Å². The van der Waals surface area contributed by atoms with E-state index in [9.17, 15) is 4.79 Å². The van der Waals surface area contributed by atoms with Gasteiger partial charge in [0, 0.05) is 50.4 Å². The minimum atomic E-state index is -0.259. The van der Waals surface area contributed by atoms with Crippen LogP contribution in [0.5, 0.6) is 0 Å². The van der Waals surface area contributed by atoms with E-state index in [0.717, 1.165) is 44.4 Å². The van der Waals surface area contributed by atoms with Gasteiger partial charge in [0.15, 0.2) is 5.96 Å². The maximum atomic E-state index is 12.4. The number of rotatable bonds is 7. The van der Waals surface area contributed by atoms with Gasteiger partial charge in [0.2, 0.25) is 0 Å². The molecule has 0 bridgehead atoms. The minimum absolute atomic E-state index is 0. The zero-order valence-electron chi connectivity index (χ0n) is 19.8. The fourth-order valence-corrected chi connectivity index (χ4v) is 3.54. The number of carbonyl (C=O) groups excluding carboxylic acids is 1. The van der Waals surface area contributed by atoms with Gasteiger partial charge in [0.05, 0.1) is 13.2 Å². The lowest BCUT2D eigenvalue weighted by atomic mass is 10.0. The van der Waals surface area contributed by atoms with E-state index in [4.69, 9.17) is 4.74 Å². The molecule has 7 nitrogen and oxygen atoms in total. The second-order valence-electron chi connectivity index (χ2n) is 9.17. The molecule has 1 aliphatic rings. The van der Waals surface area contributed by atoms with Crippen molar-refractivity contribution in [3.63, 3.8) is 0 Å². The van der Waals surface area contributed by atoms with Crippen LogP contribution in [0.2, 0.25) is 0 Å². The Morgan fingerprint density at radius 3 is 2.45 bits per heavy atom. The normalized spacial score (nSPS) is 16.4. The highest BCUT2D eigenvalue weighted by Gasteiger charge is 2.24. The number of nitrogens with zero attached hydrogens (tertiary/aromatic N) is 2. The summed E-state index contributed by atoms with van der Waals surface area (Å²) in [4.78, 5) is 19.3. The Labute approximate surface area is 204 Å². The number of guanidine groups is 1. The van der Waals surface area contributed by atoms with Crippen LogP contribution in [0.4, 0.5) is 0 Å². The van der Waals surface area contributed by atoms with E-state index in [1.807, 2.05) is 45.0 Å². The Hall–Kier alpha value is -1.39. The molecule has 8 heteroatoms. The van der Waals surface area contributed by atoms with Gasteiger partial charge in [0.1, 0.15) is 0 Å². The van der Waals surface area contributed by atoms with Gasteiger partial charge in [-0.05, 0) is 44.4 Å². The lowest BCUT2D eigenvalue weighted by molar-refractivity contribution is 0.00752. The summed E-state index contributed by atoms with van der Waals surface area (Å²) in [6.07, 6.45) is 0. The van der Waals surface area contributed by atoms with Crippen LogP contribution >= 0.6 is 24.0 Å². The van der Waals surface area contributed by atoms with Crippen LogP contribution in [0.1, 0.15) is 50.5 Å². The lowest BCUT2D eigenvalue weighted by Gasteiger charge is -2.37. The van der Waals surface area contributed by atoms with Crippen LogP contribution in [0, 0.1) is 5.92 Å². The predicted octanol–water partition coefficient (Wildman–Crippen LogP) is 2.85. The molecule has 1 aliphatic heterocycles. The average Bonchev–Trinajstić information content (AvgIpc) is 2.70. The Morgan fingerprint density at radius 2 is 1.87 bits per heavy atom. The van der Waals surface area contributed by atoms with Crippen molar-refractivity contribution in [3.8, 4) is 0 Å². The van der Waals surface area contributed by atoms with Crippen LogP contribution in [0.3, 0.4) is 0 Å². The fraction of sp³-hybridized carbons (Fsp3) is 0.652. The third kappa shape index (κ3) is 9.74. The summed E-state index contributed by atoms with van der Waals surface area (Å²) in [7, 11) is 1.78. The number of aliphatic imine (C=N–C) groups is 1. The molecule has 1 aromatic carbocycles. The first-order valence-electron chi connectivity index (χ1n) is 10.9. The van der Waals surface area contributed by atoms with E-state index in [2.05, 4.69) is 39.7 Å². The number of amides is 1. The topological polar surface area (TPSA) is 78.0 Å². The highest BCUT2D eigenvalue weighted by atomic mass is 127. The van der Waals surface area contributed by atoms with Crippen molar-refractivity contribution in [2.24, 2.45) is 10.9 Å². The average molecular weight is 546 g/mol. The molecule has 0 radical (unpaired) electrons. The largest absolute Gasteiger partial charge is 0.379 e. The van der Waals surface area contributed by atoms with Gasteiger partial charge in [0.25, 0.3) is 5.91 Å². The SMILES string of the molecule is CN=C(NCc1cccc(C(=O)NC(C)(C)C)c1)NCC(C(C)C)N1CCOCC1.I. The molecule has 31 heavy (non-hydrogen) atoms. The van der Waals surface area contributed by atoms with Crippen LogP contribution in [-0.2, 0) is 11.3 Å². The Balaban J connectivity index is 0.00000480. The number of hydrogen-bond acceptors (Lipinski definition) is 4. The summed E-state index contributed by atoms with van der Waals surface area (Å²) in [5.74, 6) is 1.24. The van der Waals surface area contributed by atoms with Crippen LogP contribution in [0.25, 0.3) is 0 Å². The molecule has 1 aromatic rings. The molecule has 176 valence electrons. The summed E-state index contributed by atoms with van der Waals surface area (Å²) >= 11 is 0. The van der Waals surface area contributed by atoms with E-state index >= 15 is 0 Å². The summed E-state index contributed by atoms with van der Waals surface area (Å²) < 4.78 is 5.49. The number of carbonyl (C=O) groups is 1. The van der Waals surface area contributed by atoms with E-state index in [1.165, 1.54) is 0 Å². The summed E-state index contributed by atoms with van der Waals surface area (Å²) in [6, 6.07) is 8.12. The molecule has 3 N–H and O–H groups in total. The predicted molar refractivity (Wildman–Crippen MR) is 138 cm³/mol. The van der Waals surface area contributed by atoms with Gasteiger partial charge in [-0.3, -0.25) is 14.7 Å². The molecule has 0 aromatic heterocycles. The van der Waals surface area contributed by atoms with E-state index in [-0.39, 0.29) is 35.4 Å². The van der Waals surface area contributed by atoms with Crippen molar-refractivity contribution in [1.29, 1.82) is 0 Å². The highest BCUT2D eigenvalue weighted by Crippen LogP contribution is 2.12. The quantitative estimate of drug-likeness (QED) is 0.279. The van der Waals surface area contributed by atoms with Crippen molar-refractivity contribution in [3.05, 3.63) is 35.4 Å². The van der Waals surface area contributed by atoms with Crippen molar-refractivity contribution in [2.45, 2.75) is 52.7 Å². The van der Waals surface area contributed by atoms with Crippen LogP contribution < -0.4 is 16.0 Å². The Morgan fingerprint density at radius 1 is 1.19 bits per heavy atom. The molecule has 1 atom stereocenters. The number of hydrogen-bond donors (Lipinski definition) is 3. The number of benzene rings is 1. The van der Waals surface area contributed by atoms with Gasteiger partial charge in [-0.1, -0.05) is 26.0 Å². The smallest absolute Gasteiger partial charge is 0.251 e. The van der Waals surface area contributed by atoms with E-state index < -0.39 is 0 Å². The minimum Gasteiger partial charge on any atom is -0.379 e. The molecule has 0 saturated carbocycles. The molecule has 1 fully saturated rings. The highest BCUT2D eigenvalue weighted by molar-refractivity contribution is 14.0. The Bertz CT molecular complexity index is 712. The lowest BCUT2D eigenvalue weighted by Crippen LogP contribution is -2.52. The maximum Gasteiger partial charge on any atom is 0.251 e. The molecule has 0 spiro atoms. The van der Waals surface area contributed by atoms with Crippen molar-refractivity contribution >= 4 is 35.8 Å². The molecule has 1 amide bonds. The molecule has 2 rings (SSSR count). The van der Waals surface area contributed by atoms with Crippen molar-refractivity contribution in [1.82, 2.24) is 20.9 Å². The molecule has 1 saturated heterocycles. The zero-order chi connectivity index (χ0) is 22.1. The summed E-state index contributed by atoms with van der Waals surface area (Å²) in [5.41, 5.74) is 1.44. The third-order valence-electron chi connectivity index (χ3n) is 5.12. The zero-order valence-corrected chi connectivity index (χ0v) is 22.2. The standard InChI is InChI=1S/C23H39N5O2.HI/c1-17(2)20(28-10-12-30-13-11-28)16-26-22(24-6)25-15-18-8-7-9-19(14-18)21(29)27-23(3,4)5;/h7-9,14,17,20H,10-13,15-16H2,1-6H3,(H,27,29)(H2,24,25,26);1H. The second kappa shape index (κ2) is 13.2. The monoisotopic (exact) mass is 545 g/mol. The van der Waals surface area contributed by atoms with Gasteiger partial charge >= 0.3 is 0 Å². The first kappa shape index (κ1) is 27.6. The fourth-order valence-electron chi connectivity index (χ4n) is 3.54. The maximum absolute atomic E-state index is 12.4. The van der Waals surface area contributed by atoms with E-state index in [1.54, 1.807) is 7.05 Å². The second-order valence-corrected chi connectivity index (χ2v) is 9.17. The Kier molecular flexibility index (Phi) is 11.8.